The normalized spacial score (nSPS) is 11.6. The monoisotopic (exact) mass is 396 g/mol. The van der Waals surface area contributed by atoms with Gasteiger partial charge in [0.05, 0.1) is 0 Å². The van der Waals surface area contributed by atoms with E-state index in [1.807, 2.05) is 76.2 Å². The molecule has 2 aromatic rings. The van der Waals surface area contributed by atoms with Crippen LogP contribution in [-0.4, -0.2) is 35.9 Å². The molecule has 0 unspecified atom stereocenters. The van der Waals surface area contributed by atoms with Crippen LogP contribution in [0.1, 0.15) is 43.4 Å². The number of carbonyl (C=O) groups excluding carboxylic acids is 2. The predicted octanol–water partition coefficient (Wildman–Crippen LogP) is 4.02. The summed E-state index contributed by atoms with van der Waals surface area (Å²) in [6.45, 7) is 8.79. The molecule has 0 fully saturated rings. The van der Waals surface area contributed by atoms with Crippen molar-refractivity contribution in [2.24, 2.45) is 0 Å². The molecule has 0 aromatic heterocycles. The molecule has 5 heteroatoms. The Balaban J connectivity index is 2.19. The standard InChI is InChI=1S/C24H32N2O3/c1-5-13-25-24(28)22(6-2)26(16-20-11-7-9-18(3)14-20)23(27)17-29-21-12-8-10-19(4)15-21/h7-12,14-15,22H,5-6,13,16-17H2,1-4H3,(H,25,28)/t22-/m1/s1. The van der Waals surface area contributed by atoms with Crippen LogP contribution in [0.4, 0.5) is 0 Å². The van der Waals surface area contributed by atoms with E-state index in [0.717, 1.165) is 23.1 Å². The predicted molar refractivity (Wildman–Crippen MR) is 116 cm³/mol. The minimum atomic E-state index is -0.532. The first-order chi connectivity index (χ1) is 13.9. The van der Waals surface area contributed by atoms with E-state index in [1.165, 1.54) is 0 Å². The lowest BCUT2D eigenvalue weighted by Crippen LogP contribution is -2.50. The topological polar surface area (TPSA) is 58.6 Å². The molecule has 0 heterocycles. The van der Waals surface area contributed by atoms with Gasteiger partial charge in [0.1, 0.15) is 11.8 Å². The van der Waals surface area contributed by atoms with Crippen LogP contribution in [0.25, 0.3) is 0 Å². The Morgan fingerprint density at radius 3 is 2.34 bits per heavy atom. The zero-order valence-corrected chi connectivity index (χ0v) is 17.9. The fraction of sp³-hybridized carbons (Fsp3) is 0.417. The van der Waals surface area contributed by atoms with E-state index in [2.05, 4.69) is 5.32 Å². The lowest BCUT2D eigenvalue weighted by Gasteiger charge is -2.30. The fourth-order valence-corrected chi connectivity index (χ4v) is 3.23. The molecular weight excluding hydrogens is 364 g/mol. The summed E-state index contributed by atoms with van der Waals surface area (Å²) in [7, 11) is 0. The van der Waals surface area contributed by atoms with E-state index in [0.29, 0.717) is 25.3 Å². The van der Waals surface area contributed by atoms with E-state index in [4.69, 9.17) is 4.74 Å². The summed E-state index contributed by atoms with van der Waals surface area (Å²) in [5, 5.41) is 2.92. The van der Waals surface area contributed by atoms with Crippen LogP contribution in [0.3, 0.4) is 0 Å². The van der Waals surface area contributed by atoms with Crippen molar-refractivity contribution in [2.45, 2.75) is 53.1 Å². The molecular formula is C24H32N2O3. The maximum Gasteiger partial charge on any atom is 0.261 e. The van der Waals surface area contributed by atoms with Crippen molar-refractivity contribution in [3.05, 3.63) is 65.2 Å². The van der Waals surface area contributed by atoms with Gasteiger partial charge in [-0.15, -0.1) is 0 Å². The molecule has 0 spiro atoms. The number of carbonyl (C=O) groups is 2. The number of nitrogens with one attached hydrogen (secondary N) is 1. The molecule has 1 N–H and O–H groups in total. The highest BCUT2D eigenvalue weighted by atomic mass is 16.5. The van der Waals surface area contributed by atoms with Crippen molar-refractivity contribution >= 4 is 11.8 Å². The highest BCUT2D eigenvalue weighted by Gasteiger charge is 2.28. The molecule has 156 valence electrons. The summed E-state index contributed by atoms with van der Waals surface area (Å²) in [5.41, 5.74) is 3.18. The number of aryl methyl sites for hydroxylation is 2. The zero-order valence-electron chi connectivity index (χ0n) is 17.9. The third-order valence-corrected chi connectivity index (χ3v) is 4.72. The molecule has 0 bridgehead atoms. The van der Waals surface area contributed by atoms with Gasteiger partial charge in [0.15, 0.2) is 6.61 Å². The molecule has 5 nitrogen and oxygen atoms in total. The van der Waals surface area contributed by atoms with Crippen LogP contribution in [-0.2, 0) is 16.1 Å². The third kappa shape index (κ3) is 6.93. The van der Waals surface area contributed by atoms with Gasteiger partial charge in [-0.25, -0.2) is 0 Å². The Bertz CT molecular complexity index is 819. The van der Waals surface area contributed by atoms with Crippen molar-refractivity contribution in [3.8, 4) is 5.75 Å². The van der Waals surface area contributed by atoms with Gasteiger partial charge < -0.3 is 15.0 Å². The van der Waals surface area contributed by atoms with Gasteiger partial charge in [0.25, 0.3) is 5.91 Å². The minimum absolute atomic E-state index is 0.104. The lowest BCUT2D eigenvalue weighted by molar-refractivity contribution is -0.143. The summed E-state index contributed by atoms with van der Waals surface area (Å²) < 4.78 is 5.72. The molecule has 29 heavy (non-hydrogen) atoms. The SMILES string of the molecule is CCCNC(=O)[C@@H](CC)N(Cc1cccc(C)c1)C(=O)COc1cccc(C)c1. The number of hydrogen-bond acceptors (Lipinski definition) is 3. The van der Waals surface area contributed by atoms with Crippen molar-refractivity contribution in [1.29, 1.82) is 0 Å². The molecule has 0 aliphatic heterocycles. The lowest BCUT2D eigenvalue weighted by atomic mass is 10.1. The number of hydrogen-bond donors (Lipinski definition) is 1. The van der Waals surface area contributed by atoms with Crippen LogP contribution >= 0.6 is 0 Å². The summed E-state index contributed by atoms with van der Waals surface area (Å²) in [6, 6.07) is 15.1. The number of amides is 2. The first-order valence-corrected chi connectivity index (χ1v) is 10.3. The maximum atomic E-state index is 13.1. The maximum absolute atomic E-state index is 13.1. The second-order valence-electron chi connectivity index (χ2n) is 7.33. The smallest absolute Gasteiger partial charge is 0.261 e. The molecule has 0 aliphatic rings. The Morgan fingerprint density at radius 1 is 1.03 bits per heavy atom. The second kappa shape index (κ2) is 11.2. The number of rotatable bonds is 10. The van der Waals surface area contributed by atoms with Gasteiger partial charge in [0.2, 0.25) is 5.91 Å². The molecule has 2 amide bonds. The van der Waals surface area contributed by atoms with Gasteiger partial charge in [0, 0.05) is 13.1 Å². The first kappa shape index (κ1) is 22.5. The Morgan fingerprint density at radius 2 is 1.72 bits per heavy atom. The van der Waals surface area contributed by atoms with Crippen molar-refractivity contribution in [3.63, 3.8) is 0 Å². The summed E-state index contributed by atoms with van der Waals surface area (Å²) in [6.07, 6.45) is 1.39. The minimum Gasteiger partial charge on any atom is -0.484 e. The molecule has 0 aliphatic carbocycles. The Hall–Kier alpha value is -2.82. The average molecular weight is 397 g/mol. The van der Waals surface area contributed by atoms with Crippen molar-refractivity contribution in [2.75, 3.05) is 13.2 Å². The van der Waals surface area contributed by atoms with E-state index >= 15 is 0 Å². The third-order valence-electron chi connectivity index (χ3n) is 4.72. The molecule has 2 aromatic carbocycles. The van der Waals surface area contributed by atoms with Gasteiger partial charge in [-0.1, -0.05) is 55.8 Å². The second-order valence-corrected chi connectivity index (χ2v) is 7.33. The van der Waals surface area contributed by atoms with E-state index < -0.39 is 6.04 Å². The molecule has 0 saturated heterocycles. The van der Waals surface area contributed by atoms with Gasteiger partial charge in [-0.05, 0) is 49.9 Å². The van der Waals surface area contributed by atoms with Crippen LogP contribution in [0.15, 0.2) is 48.5 Å². The summed E-state index contributed by atoms with van der Waals surface area (Å²) in [5.74, 6) is 0.328. The fourth-order valence-electron chi connectivity index (χ4n) is 3.23. The van der Waals surface area contributed by atoms with Crippen LogP contribution in [0.5, 0.6) is 5.75 Å². The van der Waals surface area contributed by atoms with Crippen LogP contribution in [0.2, 0.25) is 0 Å². The van der Waals surface area contributed by atoms with Crippen LogP contribution < -0.4 is 10.1 Å². The molecule has 0 saturated carbocycles. The largest absolute Gasteiger partial charge is 0.484 e. The average Bonchev–Trinajstić information content (AvgIpc) is 2.70. The highest BCUT2D eigenvalue weighted by Crippen LogP contribution is 2.16. The number of benzene rings is 2. The summed E-state index contributed by atoms with van der Waals surface area (Å²) >= 11 is 0. The Kier molecular flexibility index (Phi) is 8.71. The molecule has 0 radical (unpaired) electrons. The van der Waals surface area contributed by atoms with Gasteiger partial charge in [-0.3, -0.25) is 9.59 Å². The Labute approximate surface area is 174 Å². The van der Waals surface area contributed by atoms with E-state index in [1.54, 1.807) is 4.90 Å². The molecule has 2 rings (SSSR count). The van der Waals surface area contributed by atoms with Gasteiger partial charge in [-0.2, -0.15) is 0 Å². The molecule has 1 atom stereocenters. The van der Waals surface area contributed by atoms with Crippen molar-refractivity contribution in [1.82, 2.24) is 10.2 Å². The number of nitrogens with zero attached hydrogens (tertiary/aromatic N) is 1. The number of ether oxygens (including phenoxy) is 1. The zero-order chi connectivity index (χ0) is 21.2. The summed E-state index contributed by atoms with van der Waals surface area (Å²) in [4.78, 5) is 27.4. The van der Waals surface area contributed by atoms with Crippen molar-refractivity contribution < 1.29 is 14.3 Å². The van der Waals surface area contributed by atoms with E-state index in [9.17, 15) is 9.59 Å². The first-order valence-electron chi connectivity index (χ1n) is 10.3. The quantitative estimate of drug-likeness (QED) is 0.660. The van der Waals surface area contributed by atoms with E-state index in [-0.39, 0.29) is 18.4 Å². The van der Waals surface area contributed by atoms with Crippen LogP contribution in [0, 0.1) is 13.8 Å². The highest BCUT2D eigenvalue weighted by molar-refractivity contribution is 5.88. The van der Waals surface area contributed by atoms with Gasteiger partial charge >= 0.3 is 0 Å².